The number of carbonyl (C=O) groups is 2. The molecule has 2 amide bonds. The number of hydrogen-bond donors (Lipinski definition) is 2. The second kappa shape index (κ2) is 9.43. The molecular weight excluding hydrogens is 368 g/mol. The van der Waals surface area contributed by atoms with Crippen LogP contribution in [0.2, 0.25) is 0 Å². The van der Waals surface area contributed by atoms with Crippen molar-refractivity contribution in [2.24, 2.45) is 0 Å². The van der Waals surface area contributed by atoms with Gasteiger partial charge in [0.25, 0.3) is 5.91 Å². The van der Waals surface area contributed by atoms with Crippen LogP contribution in [0.3, 0.4) is 0 Å². The molecule has 1 heterocycles. The molecule has 7 nitrogen and oxygen atoms in total. The highest BCUT2D eigenvalue weighted by Crippen LogP contribution is 2.26. The van der Waals surface area contributed by atoms with Gasteiger partial charge in [-0.1, -0.05) is 6.92 Å². The summed E-state index contributed by atoms with van der Waals surface area (Å²) in [6.45, 7) is 5.87. The molecule has 1 saturated heterocycles. The zero-order valence-electron chi connectivity index (χ0n) is 17.2. The largest absolute Gasteiger partial charge is 0.495 e. The zero-order chi connectivity index (χ0) is 20.8. The number of benzene rings is 2. The van der Waals surface area contributed by atoms with Gasteiger partial charge >= 0.3 is 0 Å². The van der Waals surface area contributed by atoms with Crippen molar-refractivity contribution in [1.29, 1.82) is 0 Å². The van der Waals surface area contributed by atoms with Crippen LogP contribution in [-0.2, 0) is 4.79 Å². The number of amides is 2. The minimum Gasteiger partial charge on any atom is -0.495 e. The number of ether oxygens (including phenoxy) is 1. The summed E-state index contributed by atoms with van der Waals surface area (Å²) in [6.07, 6.45) is 0.346. The van der Waals surface area contributed by atoms with Gasteiger partial charge in [-0.3, -0.25) is 9.59 Å². The quantitative estimate of drug-likeness (QED) is 0.785. The average molecular weight is 396 g/mol. The minimum absolute atomic E-state index is 0.139. The number of carbonyl (C=O) groups excluding carboxylic acids is 2. The monoisotopic (exact) mass is 396 g/mol. The molecule has 0 aromatic heterocycles. The van der Waals surface area contributed by atoms with Crippen molar-refractivity contribution >= 4 is 28.9 Å². The van der Waals surface area contributed by atoms with E-state index < -0.39 is 0 Å². The molecule has 0 atom stereocenters. The van der Waals surface area contributed by atoms with Crippen molar-refractivity contribution in [2.75, 3.05) is 55.9 Å². The molecule has 7 heteroatoms. The van der Waals surface area contributed by atoms with Gasteiger partial charge in [0, 0.05) is 49.5 Å². The van der Waals surface area contributed by atoms with E-state index >= 15 is 0 Å². The fraction of sp³-hybridized carbons (Fsp3) is 0.364. The van der Waals surface area contributed by atoms with E-state index in [2.05, 4.69) is 27.5 Å². The van der Waals surface area contributed by atoms with Crippen molar-refractivity contribution in [3.63, 3.8) is 0 Å². The number of piperazine rings is 1. The Morgan fingerprint density at radius 1 is 1.00 bits per heavy atom. The number of likely N-dealkylation sites (N-methyl/N-ethyl adjacent to an activating group) is 1. The zero-order valence-corrected chi connectivity index (χ0v) is 17.2. The molecule has 2 N–H and O–H groups in total. The molecule has 1 aliphatic rings. The standard InChI is InChI=1S/C22H28N4O3/c1-4-21(27)24-19-15-16(5-10-20(19)29-3)22(28)23-17-6-8-18(9-7-17)26-13-11-25(2)12-14-26/h5-10,15H,4,11-14H2,1-3H3,(H,23,28)(H,24,27). The Morgan fingerprint density at radius 3 is 2.31 bits per heavy atom. The molecule has 2 aromatic carbocycles. The Bertz CT molecular complexity index is 859. The minimum atomic E-state index is -0.244. The van der Waals surface area contributed by atoms with Crippen molar-refractivity contribution in [3.8, 4) is 5.75 Å². The second-order valence-corrected chi connectivity index (χ2v) is 7.11. The van der Waals surface area contributed by atoms with E-state index in [0.717, 1.165) is 37.6 Å². The summed E-state index contributed by atoms with van der Waals surface area (Å²) in [5.74, 6) is 0.132. The van der Waals surface area contributed by atoms with E-state index in [0.29, 0.717) is 23.4 Å². The van der Waals surface area contributed by atoms with Crippen LogP contribution in [0.4, 0.5) is 17.1 Å². The van der Waals surface area contributed by atoms with E-state index in [9.17, 15) is 9.59 Å². The Kier molecular flexibility index (Phi) is 6.72. The van der Waals surface area contributed by atoms with Gasteiger partial charge < -0.3 is 25.2 Å². The summed E-state index contributed by atoms with van der Waals surface area (Å²) in [5, 5.41) is 5.67. The molecule has 0 unspecified atom stereocenters. The van der Waals surface area contributed by atoms with Crippen molar-refractivity contribution in [2.45, 2.75) is 13.3 Å². The van der Waals surface area contributed by atoms with Gasteiger partial charge in [-0.15, -0.1) is 0 Å². The number of hydrogen-bond acceptors (Lipinski definition) is 5. The lowest BCUT2D eigenvalue weighted by atomic mass is 10.1. The molecule has 0 saturated carbocycles. The van der Waals surface area contributed by atoms with Gasteiger partial charge in [-0.2, -0.15) is 0 Å². The molecule has 0 spiro atoms. The molecule has 29 heavy (non-hydrogen) atoms. The lowest BCUT2D eigenvalue weighted by Crippen LogP contribution is -2.44. The van der Waals surface area contributed by atoms with Crippen LogP contribution in [-0.4, -0.2) is 57.1 Å². The number of nitrogens with one attached hydrogen (secondary N) is 2. The Balaban J connectivity index is 1.68. The number of methoxy groups -OCH3 is 1. The molecule has 3 rings (SSSR count). The maximum absolute atomic E-state index is 12.7. The maximum Gasteiger partial charge on any atom is 0.255 e. The van der Waals surface area contributed by atoms with Gasteiger partial charge in [-0.25, -0.2) is 0 Å². The third-order valence-corrected chi connectivity index (χ3v) is 5.05. The van der Waals surface area contributed by atoms with E-state index in [-0.39, 0.29) is 11.8 Å². The number of rotatable bonds is 6. The lowest BCUT2D eigenvalue weighted by Gasteiger charge is -2.34. The number of anilines is 3. The predicted molar refractivity (Wildman–Crippen MR) is 116 cm³/mol. The van der Waals surface area contributed by atoms with Crippen molar-refractivity contribution in [1.82, 2.24) is 4.90 Å². The maximum atomic E-state index is 12.7. The molecule has 0 aliphatic carbocycles. The first-order chi connectivity index (χ1) is 14.0. The summed E-state index contributed by atoms with van der Waals surface area (Å²) in [5.41, 5.74) is 2.81. The highest BCUT2D eigenvalue weighted by atomic mass is 16.5. The Labute approximate surface area is 171 Å². The number of nitrogens with zero attached hydrogens (tertiary/aromatic N) is 2. The normalized spacial score (nSPS) is 14.4. The molecule has 0 bridgehead atoms. The molecule has 1 aliphatic heterocycles. The lowest BCUT2D eigenvalue weighted by molar-refractivity contribution is -0.115. The Morgan fingerprint density at radius 2 is 1.69 bits per heavy atom. The van der Waals surface area contributed by atoms with Crippen LogP contribution in [0.5, 0.6) is 5.75 Å². The van der Waals surface area contributed by atoms with Gasteiger partial charge in [0.05, 0.1) is 12.8 Å². The first kappa shape index (κ1) is 20.7. The summed E-state index contributed by atoms with van der Waals surface area (Å²) in [6, 6.07) is 12.9. The first-order valence-corrected chi connectivity index (χ1v) is 9.83. The third kappa shape index (κ3) is 5.26. The first-order valence-electron chi connectivity index (χ1n) is 9.83. The summed E-state index contributed by atoms with van der Waals surface area (Å²) in [7, 11) is 3.66. The van der Waals surface area contributed by atoms with E-state index in [1.54, 1.807) is 25.1 Å². The average Bonchev–Trinajstić information content (AvgIpc) is 2.74. The summed E-state index contributed by atoms with van der Waals surface area (Å²) >= 11 is 0. The molecular formula is C22H28N4O3. The van der Waals surface area contributed by atoms with Crippen LogP contribution in [0.1, 0.15) is 23.7 Å². The highest BCUT2D eigenvalue weighted by Gasteiger charge is 2.15. The van der Waals surface area contributed by atoms with E-state index in [1.165, 1.54) is 7.11 Å². The fourth-order valence-corrected chi connectivity index (χ4v) is 3.21. The van der Waals surface area contributed by atoms with Crippen LogP contribution in [0.25, 0.3) is 0 Å². The second-order valence-electron chi connectivity index (χ2n) is 7.11. The predicted octanol–water partition coefficient (Wildman–Crippen LogP) is 3.05. The fourth-order valence-electron chi connectivity index (χ4n) is 3.21. The summed E-state index contributed by atoms with van der Waals surface area (Å²) in [4.78, 5) is 29.1. The molecule has 2 aromatic rings. The highest BCUT2D eigenvalue weighted by molar-refractivity contribution is 6.05. The molecule has 0 radical (unpaired) electrons. The van der Waals surface area contributed by atoms with Gasteiger partial charge in [0.1, 0.15) is 5.75 Å². The van der Waals surface area contributed by atoms with E-state index in [1.807, 2.05) is 24.3 Å². The summed E-state index contributed by atoms with van der Waals surface area (Å²) < 4.78 is 5.27. The van der Waals surface area contributed by atoms with Crippen LogP contribution in [0, 0.1) is 0 Å². The van der Waals surface area contributed by atoms with Crippen molar-refractivity contribution < 1.29 is 14.3 Å². The van der Waals surface area contributed by atoms with E-state index in [4.69, 9.17) is 4.74 Å². The van der Waals surface area contributed by atoms with Gasteiger partial charge in [-0.05, 0) is 49.5 Å². The van der Waals surface area contributed by atoms with Gasteiger partial charge in [0.2, 0.25) is 5.91 Å². The Hall–Kier alpha value is -3.06. The third-order valence-electron chi connectivity index (χ3n) is 5.05. The molecule has 1 fully saturated rings. The van der Waals surface area contributed by atoms with Crippen LogP contribution < -0.4 is 20.3 Å². The smallest absolute Gasteiger partial charge is 0.255 e. The van der Waals surface area contributed by atoms with Crippen LogP contribution >= 0.6 is 0 Å². The van der Waals surface area contributed by atoms with Crippen molar-refractivity contribution in [3.05, 3.63) is 48.0 Å². The SMILES string of the molecule is CCC(=O)Nc1cc(C(=O)Nc2ccc(N3CCN(C)CC3)cc2)ccc1OC. The topological polar surface area (TPSA) is 73.9 Å². The van der Waals surface area contributed by atoms with Crippen LogP contribution in [0.15, 0.2) is 42.5 Å². The van der Waals surface area contributed by atoms with Gasteiger partial charge in [0.15, 0.2) is 0 Å². The molecule has 154 valence electrons.